The normalized spacial score (nSPS) is 19.1. The summed E-state index contributed by atoms with van der Waals surface area (Å²) in [6.45, 7) is 18.7. The van der Waals surface area contributed by atoms with E-state index >= 15 is 0 Å². The maximum Gasteiger partial charge on any atom is 0.0340 e. The van der Waals surface area contributed by atoms with Gasteiger partial charge in [-0.3, -0.25) is 4.90 Å². The minimum Gasteiger partial charge on any atom is -0.385 e. The number of hydrogen-bond acceptors (Lipinski definition) is 3. The van der Waals surface area contributed by atoms with Gasteiger partial charge in [-0.25, -0.2) is 0 Å². The van der Waals surface area contributed by atoms with Crippen LogP contribution in [0.2, 0.25) is 0 Å². The van der Waals surface area contributed by atoms with Crippen LogP contribution in [-0.2, 0) is 6.42 Å². The van der Waals surface area contributed by atoms with E-state index < -0.39 is 0 Å². The fraction of sp³-hybridized carbons (Fsp3) is 0.562. The molecule has 35 heavy (non-hydrogen) atoms. The number of nitrogens with one attached hydrogen (secondary N) is 1. The van der Waals surface area contributed by atoms with Gasteiger partial charge in [-0.1, -0.05) is 61.2 Å². The summed E-state index contributed by atoms with van der Waals surface area (Å²) in [5, 5.41) is 3.56. The molecule has 0 unspecified atom stereocenters. The Bertz CT molecular complexity index is 896. The topological polar surface area (TPSA) is 18.5 Å². The van der Waals surface area contributed by atoms with E-state index in [0.717, 1.165) is 30.5 Å². The van der Waals surface area contributed by atoms with E-state index in [2.05, 4.69) is 97.1 Å². The predicted molar refractivity (Wildman–Crippen MR) is 151 cm³/mol. The molecule has 2 saturated heterocycles. The second kappa shape index (κ2) is 12.2. The second-order valence-corrected chi connectivity index (χ2v) is 11.8. The Morgan fingerprint density at radius 3 is 2.00 bits per heavy atom. The molecule has 1 N–H and O–H groups in total. The molecule has 2 aromatic rings. The summed E-state index contributed by atoms with van der Waals surface area (Å²) in [6, 6.07) is 19.5. The highest BCUT2D eigenvalue weighted by molar-refractivity contribution is 5.61. The lowest BCUT2D eigenvalue weighted by molar-refractivity contribution is 0.0523. The molecule has 4 rings (SSSR count). The summed E-state index contributed by atoms with van der Waals surface area (Å²) in [4.78, 5) is 5.36. The molecule has 2 aliphatic rings. The average molecular weight is 474 g/mol. The minimum atomic E-state index is 0.333. The predicted octanol–water partition coefficient (Wildman–Crippen LogP) is 6.45. The van der Waals surface area contributed by atoms with Gasteiger partial charge >= 0.3 is 0 Å². The molecule has 0 saturated carbocycles. The van der Waals surface area contributed by atoms with Crippen LogP contribution in [-0.4, -0.2) is 54.6 Å². The van der Waals surface area contributed by atoms with Crippen LogP contribution in [0, 0.1) is 11.8 Å². The summed E-state index contributed by atoms with van der Waals surface area (Å²) in [6.07, 6.45) is 7.77. The Balaban J connectivity index is 1.10. The molecule has 0 amide bonds. The molecule has 0 aliphatic carbocycles. The molecule has 2 heterocycles. The molecule has 3 nitrogen and oxygen atoms in total. The van der Waals surface area contributed by atoms with Gasteiger partial charge in [0.1, 0.15) is 0 Å². The van der Waals surface area contributed by atoms with E-state index in [1.54, 1.807) is 0 Å². The van der Waals surface area contributed by atoms with E-state index in [9.17, 15) is 0 Å². The molecule has 0 bridgehead atoms. The smallest absolute Gasteiger partial charge is 0.0340 e. The first-order valence-corrected chi connectivity index (χ1v) is 13.9. The van der Waals surface area contributed by atoms with Crippen molar-refractivity contribution in [3.05, 3.63) is 77.9 Å². The molecule has 2 aromatic carbocycles. The van der Waals surface area contributed by atoms with Crippen LogP contribution in [0.15, 0.2) is 61.2 Å². The van der Waals surface area contributed by atoms with Crippen molar-refractivity contribution in [2.45, 2.75) is 64.8 Å². The third-order valence-corrected chi connectivity index (χ3v) is 8.33. The van der Waals surface area contributed by atoms with Gasteiger partial charge in [-0.05, 0) is 121 Å². The molecule has 0 aromatic heterocycles. The van der Waals surface area contributed by atoms with Crippen LogP contribution in [0.3, 0.4) is 0 Å². The number of rotatable bonds is 9. The van der Waals surface area contributed by atoms with Gasteiger partial charge in [-0.2, -0.15) is 0 Å². The van der Waals surface area contributed by atoms with Gasteiger partial charge in [0, 0.05) is 17.8 Å². The van der Waals surface area contributed by atoms with Crippen LogP contribution >= 0.6 is 0 Å². The lowest BCUT2D eigenvalue weighted by atomic mass is 9.78. The Hall–Kier alpha value is -2.10. The highest BCUT2D eigenvalue weighted by atomic mass is 15.2. The zero-order valence-electron chi connectivity index (χ0n) is 22.4. The third kappa shape index (κ3) is 7.69. The lowest BCUT2D eigenvalue weighted by Crippen LogP contribution is -2.48. The highest BCUT2D eigenvalue weighted by Gasteiger charge is 2.32. The second-order valence-electron chi connectivity index (χ2n) is 11.8. The summed E-state index contributed by atoms with van der Waals surface area (Å²) >= 11 is 0. The SMILES string of the molecule is C=C(NCCCN1CCC(C2CCN(C(C)(C)C)CC2)CC1)c1ccc(Cc2ccccc2)cc1. The number of likely N-dealkylation sites (tertiary alicyclic amines) is 2. The van der Waals surface area contributed by atoms with Crippen molar-refractivity contribution < 1.29 is 0 Å². The van der Waals surface area contributed by atoms with E-state index in [4.69, 9.17) is 0 Å². The highest BCUT2D eigenvalue weighted by Crippen LogP contribution is 2.34. The summed E-state index contributed by atoms with van der Waals surface area (Å²) in [5.74, 6) is 1.91. The standard InChI is InChI=1S/C32H47N3/c1-26(29-13-11-28(12-14-29)25-27-9-6-5-7-10-27)33-19-8-20-34-21-15-30(16-22-34)31-17-23-35(24-18-31)32(2,3)4/h5-7,9-14,30-31,33H,1,8,15-25H2,2-4H3. The molecule has 0 atom stereocenters. The van der Waals surface area contributed by atoms with Gasteiger partial charge in [0.2, 0.25) is 0 Å². The maximum absolute atomic E-state index is 4.28. The maximum atomic E-state index is 4.28. The van der Waals surface area contributed by atoms with E-state index in [1.165, 1.54) is 81.5 Å². The van der Waals surface area contributed by atoms with Crippen LogP contribution in [0.4, 0.5) is 0 Å². The minimum absolute atomic E-state index is 0.333. The third-order valence-electron chi connectivity index (χ3n) is 8.33. The first-order chi connectivity index (χ1) is 16.9. The molecule has 0 spiro atoms. The first-order valence-electron chi connectivity index (χ1n) is 13.9. The molecule has 2 aliphatic heterocycles. The number of benzene rings is 2. The van der Waals surface area contributed by atoms with Crippen LogP contribution in [0.1, 0.15) is 69.6 Å². The largest absolute Gasteiger partial charge is 0.385 e. The van der Waals surface area contributed by atoms with Crippen molar-refractivity contribution >= 4 is 5.70 Å². The summed E-state index contributed by atoms with van der Waals surface area (Å²) in [5.41, 5.74) is 5.26. The van der Waals surface area contributed by atoms with Crippen LogP contribution in [0.5, 0.6) is 0 Å². The van der Waals surface area contributed by atoms with Crippen molar-refractivity contribution in [1.29, 1.82) is 0 Å². The van der Waals surface area contributed by atoms with Gasteiger partial charge in [0.25, 0.3) is 0 Å². The summed E-state index contributed by atoms with van der Waals surface area (Å²) < 4.78 is 0. The zero-order valence-corrected chi connectivity index (χ0v) is 22.4. The molecule has 3 heteroatoms. The molecule has 0 radical (unpaired) electrons. The monoisotopic (exact) mass is 473 g/mol. The Morgan fingerprint density at radius 2 is 1.40 bits per heavy atom. The van der Waals surface area contributed by atoms with Gasteiger partial charge < -0.3 is 10.2 Å². The van der Waals surface area contributed by atoms with Crippen molar-refractivity contribution in [1.82, 2.24) is 15.1 Å². The number of piperidine rings is 2. The first kappa shape index (κ1) is 26.0. The Kier molecular flexibility index (Phi) is 9.08. The number of hydrogen-bond donors (Lipinski definition) is 1. The van der Waals surface area contributed by atoms with E-state index in [1.807, 2.05) is 0 Å². The fourth-order valence-corrected chi connectivity index (χ4v) is 5.99. The average Bonchev–Trinajstić information content (AvgIpc) is 2.87. The quantitative estimate of drug-likeness (QED) is 0.422. The van der Waals surface area contributed by atoms with Gasteiger partial charge in [-0.15, -0.1) is 0 Å². The zero-order chi connectivity index (χ0) is 24.7. The van der Waals surface area contributed by atoms with Crippen LogP contribution < -0.4 is 5.32 Å². The van der Waals surface area contributed by atoms with Crippen molar-refractivity contribution in [2.75, 3.05) is 39.3 Å². The lowest BCUT2D eigenvalue weighted by Gasteiger charge is -2.44. The molecule has 190 valence electrons. The van der Waals surface area contributed by atoms with Crippen molar-refractivity contribution in [2.24, 2.45) is 11.8 Å². The number of nitrogens with zero attached hydrogens (tertiary/aromatic N) is 2. The Labute approximate surface area is 214 Å². The Morgan fingerprint density at radius 1 is 0.829 bits per heavy atom. The van der Waals surface area contributed by atoms with Gasteiger partial charge in [0.05, 0.1) is 0 Å². The summed E-state index contributed by atoms with van der Waals surface area (Å²) in [7, 11) is 0. The van der Waals surface area contributed by atoms with Gasteiger partial charge in [0.15, 0.2) is 0 Å². The molecular weight excluding hydrogens is 426 g/mol. The van der Waals surface area contributed by atoms with Crippen molar-refractivity contribution in [3.63, 3.8) is 0 Å². The van der Waals surface area contributed by atoms with E-state index in [-0.39, 0.29) is 0 Å². The fourth-order valence-electron chi connectivity index (χ4n) is 5.99. The molecular formula is C32H47N3. The molecule has 2 fully saturated rings. The van der Waals surface area contributed by atoms with Crippen molar-refractivity contribution in [3.8, 4) is 0 Å². The van der Waals surface area contributed by atoms with Crippen LogP contribution in [0.25, 0.3) is 5.70 Å². The van der Waals surface area contributed by atoms with E-state index in [0.29, 0.717) is 5.54 Å².